The van der Waals surface area contributed by atoms with Crippen molar-refractivity contribution in [3.8, 4) is 0 Å². The normalized spacial score (nSPS) is 12.4. The van der Waals surface area contributed by atoms with E-state index in [1.165, 1.54) is 6.07 Å². The molecule has 4 N–H and O–H groups in total. The molecule has 0 aliphatic heterocycles. The van der Waals surface area contributed by atoms with Crippen LogP contribution < -0.4 is 10.9 Å². The minimum absolute atomic E-state index is 0. The molecule has 2 aromatic rings. The Bertz CT molecular complexity index is 708. The molecule has 2 heterocycles. The molecule has 0 unspecified atom stereocenters. The highest BCUT2D eigenvalue weighted by atomic mass is 35.5. The quantitative estimate of drug-likeness (QED) is 0.893. The van der Waals surface area contributed by atoms with E-state index in [9.17, 15) is 8.42 Å². The number of furan rings is 1. The lowest BCUT2D eigenvalue weighted by atomic mass is 9.87. The van der Waals surface area contributed by atoms with Crippen molar-refractivity contribution in [2.45, 2.75) is 37.3 Å². The lowest BCUT2D eigenvalue weighted by Gasteiger charge is -2.26. The number of rotatable bonds is 4. The second-order valence-electron chi connectivity index (χ2n) is 4.59. The Hall–Kier alpha value is -1.15. The average Bonchev–Trinajstić information content (AvgIpc) is 2.80. The van der Waals surface area contributed by atoms with Gasteiger partial charge in [-0.1, -0.05) is 13.8 Å². The summed E-state index contributed by atoms with van der Waals surface area (Å²) in [5.41, 5.74) is 6.91. The number of fused-ring (bicyclic) bond motifs is 1. The molecule has 0 aliphatic rings. The Morgan fingerprint density at radius 3 is 2.40 bits per heavy atom. The maximum atomic E-state index is 11.2. The van der Waals surface area contributed by atoms with Gasteiger partial charge in [-0.3, -0.25) is 0 Å². The van der Waals surface area contributed by atoms with E-state index in [0.717, 1.165) is 18.4 Å². The van der Waals surface area contributed by atoms with Crippen molar-refractivity contribution >= 4 is 33.5 Å². The molecule has 20 heavy (non-hydrogen) atoms. The minimum atomic E-state index is -3.86. The van der Waals surface area contributed by atoms with Crippen molar-refractivity contribution in [1.29, 1.82) is 0 Å². The molecule has 112 valence electrons. The first-order valence-electron chi connectivity index (χ1n) is 6.02. The van der Waals surface area contributed by atoms with Gasteiger partial charge in [-0.2, -0.15) is 0 Å². The van der Waals surface area contributed by atoms with Crippen LogP contribution >= 0.6 is 12.4 Å². The first-order chi connectivity index (χ1) is 8.80. The third-order valence-electron chi connectivity index (χ3n) is 3.47. The highest BCUT2D eigenvalue weighted by Crippen LogP contribution is 2.29. The molecule has 0 saturated heterocycles. The zero-order chi connectivity index (χ0) is 14.3. The summed E-state index contributed by atoms with van der Waals surface area (Å²) >= 11 is 0. The van der Waals surface area contributed by atoms with E-state index in [1.54, 1.807) is 12.3 Å². The fourth-order valence-corrected chi connectivity index (χ4v) is 2.47. The fourth-order valence-electron chi connectivity index (χ4n) is 1.98. The number of sulfonamides is 1. The maximum Gasteiger partial charge on any atom is 0.271 e. The van der Waals surface area contributed by atoms with Gasteiger partial charge in [0, 0.05) is 23.2 Å². The second kappa shape index (κ2) is 5.69. The van der Waals surface area contributed by atoms with Gasteiger partial charge in [0.15, 0.2) is 0 Å². The van der Waals surface area contributed by atoms with E-state index in [-0.39, 0.29) is 23.2 Å². The van der Waals surface area contributed by atoms with Crippen LogP contribution in [0.5, 0.6) is 0 Å². The van der Waals surface area contributed by atoms with Crippen molar-refractivity contribution < 1.29 is 12.8 Å². The van der Waals surface area contributed by atoms with Gasteiger partial charge in [-0.05, 0) is 24.5 Å². The molecule has 2 rings (SSSR count). The van der Waals surface area contributed by atoms with Crippen LogP contribution in [-0.2, 0) is 15.6 Å². The van der Waals surface area contributed by atoms with Gasteiger partial charge < -0.3 is 10.2 Å². The van der Waals surface area contributed by atoms with Gasteiger partial charge in [-0.15, -0.1) is 12.4 Å². The van der Waals surface area contributed by atoms with Crippen LogP contribution in [0.1, 0.15) is 32.3 Å². The van der Waals surface area contributed by atoms with Crippen LogP contribution in [0.3, 0.4) is 0 Å². The standard InChI is InChI=1S/C12H17N3O3S.ClH/c1-3-12(13,4-2)9-5-8-6-10(19(14,16)17)18-11(8)15-7-9;/h5-7H,3-4,13H2,1-2H3,(H2,14,16,17);1H. The molecule has 0 aromatic carbocycles. The Morgan fingerprint density at radius 2 is 1.90 bits per heavy atom. The molecule has 8 heteroatoms. The van der Waals surface area contributed by atoms with E-state index in [0.29, 0.717) is 5.39 Å². The summed E-state index contributed by atoms with van der Waals surface area (Å²) in [5.74, 6) is 0. The molecule has 0 atom stereocenters. The van der Waals surface area contributed by atoms with E-state index in [2.05, 4.69) is 4.98 Å². The third-order valence-corrected chi connectivity index (χ3v) is 4.23. The summed E-state index contributed by atoms with van der Waals surface area (Å²) in [6.45, 7) is 4.00. The van der Waals surface area contributed by atoms with Gasteiger partial charge in [-0.25, -0.2) is 18.5 Å². The van der Waals surface area contributed by atoms with Crippen molar-refractivity contribution in [3.05, 3.63) is 23.9 Å². The zero-order valence-corrected chi connectivity index (χ0v) is 12.9. The molecule has 6 nitrogen and oxygen atoms in total. The Morgan fingerprint density at radius 1 is 1.30 bits per heavy atom. The third kappa shape index (κ3) is 2.95. The van der Waals surface area contributed by atoms with Crippen molar-refractivity contribution in [1.82, 2.24) is 4.98 Å². The molecule has 2 aromatic heterocycles. The first-order valence-corrected chi connectivity index (χ1v) is 7.56. The van der Waals surface area contributed by atoms with Crippen molar-refractivity contribution in [2.75, 3.05) is 0 Å². The average molecular weight is 320 g/mol. The molecular weight excluding hydrogens is 302 g/mol. The SMILES string of the molecule is CCC(N)(CC)c1cnc2oc(S(N)(=O)=O)cc2c1.Cl. The van der Waals surface area contributed by atoms with Crippen LogP contribution in [-0.4, -0.2) is 13.4 Å². The van der Waals surface area contributed by atoms with Gasteiger partial charge in [0.25, 0.3) is 10.0 Å². The van der Waals surface area contributed by atoms with Gasteiger partial charge in [0.1, 0.15) is 0 Å². The molecule has 0 aliphatic carbocycles. The number of primary sulfonamides is 1. The van der Waals surface area contributed by atoms with Crippen molar-refractivity contribution in [3.63, 3.8) is 0 Å². The largest absolute Gasteiger partial charge is 0.425 e. The fraction of sp³-hybridized carbons (Fsp3) is 0.417. The summed E-state index contributed by atoms with van der Waals surface area (Å²) in [7, 11) is -3.86. The molecule has 0 spiro atoms. The van der Waals surface area contributed by atoms with Gasteiger partial charge in [0.05, 0.1) is 0 Å². The Kier molecular flexibility index (Phi) is 4.81. The number of hydrogen-bond acceptors (Lipinski definition) is 5. The first kappa shape index (κ1) is 16.9. The molecule has 0 amide bonds. The van der Waals surface area contributed by atoms with E-state index < -0.39 is 15.6 Å². The van der Waals surface area contributed by atoms with Crippen LogP contribution in [0.25, 0.3) is 11.1 Å². The number of halogens is 1. The predicted molar refractivity (Wildman–Crippen MR) is 79.1 cm³/mol. The zero-order valence-electron chi connectivity index (χ0n) is 11.3. The van der Waals surface area contributed by atoms with E-state index >= 15 is 0 Å². The van der Waals surface area contributed by atoms with Crippen LogP contribution in [0, 0.1) is 0 Å². The van der Waals surface area contributed by atoms with Crippen LogP contribution in [0.15, 0.2) is 27.8 Å². The summed E-state index contributed by atoms with van der Waals surface area (Å²) < 4.78 is 27.6. The number of aromatic nitrogens is 1. The lowest BCUT2D eigenvalue weighted by Crippen LogP contribution is -2.35. The van der Waals surface area contributed by atoms with Crippen LogP contribution in [0.4, 0.5) is 0 Å². The maximum absolute atomic E-state index is 11.2. The highest BCUT2D eigenvalue weighted by molar-refractivity contribution is 7.89. The predicted octanol–water partition coefficient (Wildman–Crippen LogP) is 1.87. The minimum Gasteiger partial charge on any atom is -0.425 e. The molecule has 0 bridgehead atoms. The number of pyridine rings is 1. The lowest BCUT2D eigenvalue weighted by molar-refractivity contribution is 0.411. The topological polar surface area (TPSA) is 112 Å². The molecule has 0 saturated carbocycles. The summed E-state index contributed by atoms with van der Waals surface area (Å²) in [6, 6.07) is 3.17. The summed E-state index contributed by atoms with van der Waals surface area (Å²) in [6.07, 6.45) is 3.14. The Balaban J connectivity index is 0.00000200. The highest BCUT2D eigenvalue weighted by Gasteiger charge is 2.24. The van der Waals surface area contributed by atoms with Crippen LogP contribution in [0.2, 0.25) is 0 Å². The van der Waals surface area contributed by atoms with Gasteiger partial charge >= 0.3 is 0 Å². The smallest absolute Gasteiger partial charge is 0.271 e. The number of hydrogen-bond donors (Lipinski definition) is 2. The van der Waals surface area contributed by atoms with Gasteiger partial charge in [0.2, 0.25) is 10.8 Å². The number of nitrogens with zero attached hydrogens (tertiary/aromatic N) is 1. The van der Waals surface area contributed by atoms with E-state index in [4.69, 9.17) is 15.3 Å². The van der Waals surface area contributed by atoms with Crippen molar-refractivity contribution in [2.24, 2.45) is 10.9 Å². The number of nitrogens with two attached hydrogens (primary N) is 2. The monoisotopic (exact) mass is 319 g/mol. The molecule has 0 radical (unpaired) electrons. The Labute approximate surface area is 124 Å². The second-order valence-corrected chi connectivity index (χ2v) is 6.08. The molecular formula is C12H18ClN3O3S. The summed E-state index contributed by atoms with van der Waals surface area (Å²) in [5, 5.41) is 5.32. The van der Waals surface area contributed by atoms with E-state index in [1.807, 2.05) is 13.8 Å². The summed E-state index contributed by atoms with van der Waals surface area (Å²) in [4.78, 5) is 4.11. The molecule has 0 fully saturated rings.